The molecule has 0 radical (unpaired) electrons. The van der Waals surface area contributed by atoms with Crippen molar-refractivity contribution in [2.45, 2.75) is 26.8 Å². The van der Waals surface area contributed by atoms with Gasteiger partial charge in [0.1, 0.15) is 10.0 Å². The van der Waals surface area contributed by atoms with E-state index < -0.39 is 0 Å². The SMILES string of the molecule is CC1CC(C)CN(Cc2ncc(N)s2)C1. The number of likely N-dealkylation sites (tertiary alicyclic amines) is 1. The Morgan fingerprint density at radius 3 is 2.67 bits per heavy atom. The molecule has 1 aromatic rings. The first-order valence-electron chi connectivity index (χ1n) is 5.56. The summed E-state index contributed by atoms with van der Waals surface area (Å²) in [4.78, 5) is 6.81. The van der Waals surface area contributed by atoms with Crippen LogP contribution in [0.5, 0.6) is 0 Å². The third-order valence-corrected chi connectivity index (χ3v) is 3.69. The molecule has 1 aliphatic heterocycles. The number of nitrogen functional groups attached to an aromatic ring is 1. The predicted octanol–water partition coefficient (Wildman–Crippen LogP) is 2.20. The molecule has 2 rings (SSSR count). The van der Waals surface area contributed by atoms with E-state index in [2.05, 4.69) is 23.7 Å². The summed E-state index contributed by atoms with van der Waals surface area (Å²) in [5, 5.41) is 1.97. The molecule has 2 unspecified atom stereocenters. The van der Waals surface area contributed by atoms with E-state index >= 15 is 0 Å². The van der Waals surface area contributed by atoms with Crippen LogP contribution in [-0.4, -0.2) is 23.0 Å². The van der Waals surface area contributed by atoms with Crippen LogP contribution in [0.4, 0.5) is 5.00 Å². The van der Waals surface area contributed by atoms with E-state index in [4.69, 9.17) is 5.73 Å². The van der Waals surface area contributed by atoms with Gasteiger partial charge in [-0.25, -0.2) is 4.98 Å². The number of hydrogen-bond acceptors (Lipinski definition) is 4. The van der Waals surface area contributed by atoms with Crippen molar-refractivity contribution in [3.05, 3.63) is 11.2 Å². The predicted molar refractivity (Wildman–Crippen MR) is 64.7 cm³/mol. The maximum absolute atomic E-state index is 5.68. The minimum Gasteiger partial charge on any atom is -0.389 e. The molecule has 1 aromatic heterocycles. The third-order valence-electron chi connectivity index (χ3n) is 2.87. The molecular weight excluding hydrogens is 206 g/mol. The summed E-state index contributed by atoms with van der Waals surface area (Å²) < 4.78 is 0. The van der Waals surface area contributed by atoms with Gasteiger partial charge in [-0.2, -0.15) is 0 Å². The third kappa shape index (κ3) is 2.92. The first-order chi connectivity index (χ1) is 7.13. The van der Waals surface area contributed by atoms with Crippen LogP contribution in [0.3, 0.4) is 0 Å². The Morgan fingerprint density at radius 2 is 2.13 bits per heavy atom. The summed E-state index contributed by atoms with van der Waals surface area (Å²) >= 11 is 1.61. The van der Waals surface area contributed by atoms with Crippen molar-refractivity contribution >= 4 is 16.3 Å². The summed E-state index contributed by atoms with van der Waals surface area (Å²) in [6.45, 7) is 8.03. The van der Waals surface area contributed by atoms with Gasteiger partial charge in [-0.05, 0) is 18.3 Å². The van der Waals surface area contributed by atoms with Crippen molar-refractivity contribution < 1.29 is 0 Å². The zero-order valence-corrected chi connectivity index (χ0v) is 10.3. The summed E-state index contributed by atoms with van der Waals surface area (Å²) in [7, 11) is 0. The molecule has 2 N–H and O–H groups in total. The number of anilines is 1. The van der Waals surface area contributed by atoms with Crippen LogP contribution in [0, 0.1) is 11.8 Å². The quantitative estimate of drug-likeness (QED) is 0.839. The summed E-state index contributed by atoms with van der Waals surface area (Å²) in [5.74, 6) is 1.62. The second kappa shape index (κ2) is 4.49. The first kappa shape index (κ1) is 10.9. The zero-order chi connectivity index (χ0) is 10.8. The number of rotatable bonds is 2. The molecular formula is C11H19N3S. The van der Waals surface area contributed by atoms with E-state index in [1.54, 1.807) is 17.5 Å². The second-order valence-electron chi connectivity index (χ2n) is 4.80. The highest BCUT2D eigenvalue weighted by Gasteiger charge is 2.22. The zero-order valence-electron chi connectivity index (χ0n) is 9.44. The largest absolute Gasteiger partial charge is 0.389 e. The Balaban J connectivity index is 1.94. The molecule has 0 spiro atoms. The maximum atomic E-state index is 5.68. The number of nitrogens with zero attached hydrogens (tertiary/aromatic N) is 2. The van der Waals surface area contributed by atoms with Crippen LogP contribution in [0.2, 0.25) is 0 Å². The van der Waals surface area contributed by atoms with Crippen LogP contribution >= 0.6 is 11.3 Å². The Bertz CT molecular complexity index is 313. The van der Waals surface area contributed by atoms with E-state index in [-0.39, 0.29) is 0 Å². The molecule has 1 aliphatic rings. The fraction of sp³-hybridized carbons (Fsp3) is 0.727. The Kier molecular flexibility index (Phi) is 3.26. The number of piperidine rings is 1. The lowest BCUT2D eigenvalue weighted by molar-refractivity contribution is 0.134. The Labute approximate surface area is 95.3 Å². The van der Waals surface area contributed by atoms with Crippen LogP contribution in [0.1, 0.15) is 25.3 Å². The van der Waals surface area contributed by atoms with Crippen LogP contribution in [0.25, 0.3) is 0 Å². The molecule has 0 saturated carbocycles. The van der Waals surface area contributed by atoms with Crippen molar-refractivity contribution in [1.29, 1.82) is 0 Å². The lowest BCUT2D eigenvalue weighted by atomic mass is 9.92. The topological polar surface area (TPSA) is 42.2 Å². The molecule has 1 saturated heterocycles. The molecule has 1 fully saturated rings. The Hall–Kier alpha value is -0.610. The van der Waals surface area contributed by atoms with Crippen LogP contribution < -0.4 is 5.73 Å². The van der Waals surface area contributed by atoms with Gasteiger partial charge in [0.05, 0.1) is 12.7 Å². The van der Waals surface area contributed by atoms with E-state index in [0.717, 1.165) is 28.4 Å². The van der Waals surface area contributed by atoms with Gasteiger partial charge < -0.3 is 5.73 Å². The maximum Gasteiger partial charge on any atom is 0.109 e. The molecule has 0 amide bonds. The lowest BCUT2D eigenvalue weighted by Crippen LogP contribution is -2.38. The highest BCUT2D eigenvalue weighted by molar-refractivity contribution is 7.15. The van der Waals surface area contributed by atoms with Gasteiger partial charge >= 0.3 is 0 Å². The van der Waals surface area contributed by atoms with Crippen molar-refractivity contribution in [3.63, 3.8) is 0 Å². The summed E-state index contributed by atoms with van der Waals surface area (Å²) in [5.41, 5.74) is 5.68. The standard InChI is InChI=1S/C11H19N3S/c1-8-3-9(2)6-14(5-8)7-11-13-4-10(12)15-11/h4,8-9H,3,5-7,12H2,1-2H3. The number of thiazole rings is 1. The fourth-order valence-electron chi connectivity index (χ4n) is 2.51. The Morgan fingerprint density at radius 1 is 1.47 bits per heavy atom. The van der Waals surface area contributed by atoms with Gasteiger partial charge in [-0.15, -0.1) is 11.3 Å². The number of aromatic nitrogens is 1. The molecule has 15 heavy (non-hydrogen) atoms. The molecule has 2 atom stereocenters. The van der Waals surface area contributed by atoms with E-state index in [0.29, 0.717) is 0 Å². The molecule has 0 bridgehead atoms. The monoisotopic (exact) mass is 225 g/mol. The van der Waals surface area contributed by atoms with Crippen molar-refractivity contribution in [1.82, 2.24) is 9.88 Å². The minimum absolute atomic E-state index is 0.811. The number of nitrogens with two attached hydrogens (primary N) is 1. The smallest absolute Gasteiger partial charge is 0.109 e. The molecule has 0 aromatic carbocycles. The van der Waals surface area contributed by atoms with Gasteiger partial charge in [0, 0.05) is 13.1 Å². The lowest BCUT2D eigenvalue weighted by Gasteiger charge is -2.34. The van der Waals surface area contributed by atoms with E-state index in [1.807, 2.05) is 0 Å². The number of hydrogen-bond donors (Lipinski definition) is 1. The molecule has 84 valence electrons. The normalized spacial score (nSPS) is 28.1. The fourth-order valence-corrected chi connectivity index (χ4v) is 3.24. The molecule has 0 aliphatic carbocycles. The van der Waals surface area contributed by atoms with Crippen LogP contribution in [-0.2, 0) is 6.54 Å². The van der Waals surface area contributed by atoms with Crippen molar-refractivity contribution in [3.8, 4) is 0 Å². The van der Waals surface area contributed by atoms with Crippen molar-refractivity contribution in [2.24, 2.45) is 11.8 Å². The molecule has 4 heteroatoms. The highest BCUT2D eigenvalue weighted by Crippen LogP contribution is 2.24. The summed E-state index contributed by atoms with van der Waals surface area (Å²) in [6, 6.07) is 0. The van der Waals surface area contributed by atoms with E-state index in [9.17, 15) is 0 Å². The summed E-state index contributed by atoms with van der Waals surface area (Å²) in [6.07, 6.45) is 3.12. The average Bonchev–Trinajstić information content (AvgIpc) is 2.49. The average molecular weight is 225 g/mol. The minimum atomic E-state index is 0.811. The highest BCUT2D eigenvalue weighted by atomic mass is 32.1. The van der Waals surface area contributed by atoms with Gasteiger partial charge in [0.25, 0.3) is 0 Å². The molecule has 3 nitrogen and oxygen atoms in total. The van der Waals surface area contributed by atoms with Crippen molar-refractivity contribution in [2.75, 3.05) is 18.8 Å². The van der Waals surface area contributed by atoms with Gasteiger partial charge in [0.2, 0.25) is 0 Å². The van der Waals surface area contributed by atoms with E-state index in [1.165, 1.54) is 19.5 Å². The van der Waals surface area contributed by atoms with Gasteiger partial charge in [-0.3, -0.25) is 4.90 Å². The first-order valence-corrected chi connectivity index (χ1v) is 6.37. The van der Waals surface area contributed by atoms with Crippen LogP contribution in [0.15, 0.2) is 6.20 Å². The van der Waals surface area contributed by atoms with Gasteiger partial charge in [-0.1, -0.05) is 13.8 Å². The second-order valence-corrected chi connectivity index (χ2v) is 5.94. The molecule has 2 heterocycles. The van der Waals surface area contributed by atoms with Gasteiger partial charge in [0.15, 0.2) is 0 Å².